The van der Waals surface area contributed by atoms with Gasteiger partial charge in [-0.15, -0.1) is 0 Å². The molecule has 0 unspecified atom stereocenters. The molecule has 6 heteroatoms. The Hall–Kier alpha value is -3.15. The van der Waals surface area contributed by atoms with E-state index in [0.717, 1.165) is 24.0 Å². The van der Waals surface area contributed by atoms with Crippen molar-refractivity contribution >= 4 is 11.6 Å². The van der Waals surface area contributed by atoms with Gasteiger partial charge in [0.25, 0.3) is 5.91 Å². The topological polar surface area (TPSA) is 77.2 Å². The van der Waals surface area contributed by atoms with Gasteiger partial charge in [0, 0.05) is 17.2 Å². The largest absolute Gasteiger partial charge is 0.484 e. The Morgan fingerprint density at radius 1 is 1.22 bits per heavy atom. The Kier molecular flexibility index (Phi) is 4.87. The van der Waals surface area contributed by atoms with Crippen LogP contribution >= 0.6 is 0 Å². The van der Waals surface area contributed by atoms with Crippen molar-refractivity contribution in [2.24, 2.45) is 0 Å². The summed E-state index contributed by atoms with van der Waals surface area (Å²) < 4.78 is 10.9. The second-order valence-corrected chi connectivity index (χ2v) is 6.82. The molecule has 0 aliphatic heterocycles. The summed E-state index contributed by atoms with van der Waals surface area (Å²) in [6.45, 7) is 1.93. The Bertz CT molecular complexity index is 947. The number of aryl methyl sites for hydroxylation is 1. The van der Waals surface area contributed by atoms with Crippen LogP contribution in [0.1, 0.15) is 36.6 Å². The van der Waals surface area contributed by atoms with E-state index in [-0.39, 0.29) is 12.5 Å². The predicted molar refractivity (Wildman–Crippen MR) is 102 cm³/mol. The molecule has 4 rings (SSSR count). The number of carbonyl (C=O) groups is 1. The monoisotopic (exact) mass is 363 g/mol. The molecule has 27 heavy (non-hydrogen) atoms. The molecule has 138 valence electrons. The van der Waals surface area contributed by atoms with Gasteiger partial charge in [-0.05, 0) is 49.6 Å². The zero-order chi connectivity index (χ0) is 18.6. The van der Waals surface area contributed by atoms with Crippen LogP contribution in [0.25, 0.3) is 11.4 Å². The fourth-order valence-corrected chi connectivity index (χ4v) is 2.96. The molecule has 0 spiro atoms. The molecule has 0 radical (unpaired) electrons. The summed E-state index contributed by atoms with van der Waals surface area (Å²) in [5.74, 6) is 2.10. The van der Waals surface area contributed by atoms with E-state index in [0.29, 0.717) is 29.1 Å². The molecule has 2 aromatic carbocycles. The van der Waals surface area contributed by atoms with E-state index >= 15 is 0 Å². The van der Waals surface area contributed by atoms with Crippen molar-refractivity contribution in [1.82, 2.24) is 10.1 Å². The maximum Gasteiger partial charge on any atom is 0.262 e. The maximum absolute atomic E-state index is 12.2. The third-order valence-corrected chi connectivity index (χ3v) is 4.66. The standard InChI is InChI=1S/C21H21N3O3/c1-14-5-2-10-18(11-14)26-13-19(25)22-17-9-4-8-16(12-17)20-23-21(27-24-20)15-6-3-7-15/h2,4-5,8-12,15H,3,6-7,13H2,1H3,(H,22,25). The van der Waals surface area contributed by atoms with Crippen molar-refractivity contribution in [3.8, 4) is 17.1 Å². The number of rotatable bonds is 6. The predicted octanol–water partition coefficient (Wildman–Crippen LogP) is 4.33. The molecular formula is C21H21N3O3. The number of hydrogen-bond donors (Lipinski definition) is 1. The molecule has 0 bridgehead atoms. The minimum atomic E-state index is -0.225. The fourth-order valence-electron chi connectivity index (χ4n) is 2.96. The van der Waals surface area contributed by atoms with Gasteiger partial charge in [0.15, 0.2) is 6.61 Å². The molecule has 1 N–H and O–H groups in total. The van der Waals surface area contributed by atoms with Crippen molar-refractivity contribution in [1.29, 1.82) is 0 Å². The van der Waals surface area contributed by atoms with Crippen molar-refractivity contribution in [2.75, 3.05) is 11.9 Å². The summed E-state index contributed by atoms with van der Waals surface area (Å²) in [5.41, 5.74) is 2.56. The number of benzene rings is 2. The summed E-state index contributed by atoms with van der Waals surface area (Å²) >= 11 is 0. The summed E-state index contributed by atoms with van der Waals surface area (Å²) in [5, 5.41) is 6.91. The Morgan fingerprint density at radius 3 is 2.85 bits per heavy atom. The van der Waals surface area contributed by atoms with Crippen LogP contribution in [0.15, 0.2) is 53.1 Å². The van der Waals surface area contributed by atoms with Crippen LogP contribution in [0.4, 0.5) is 5.69 Å². The van der Waals surface area contributed by atoms with Gasteiger partial charge >= 0.3 is 0 Å². The summed E-state index contributed by atoms with van der Waals surface area (Å²) in [4.78, 5) is 16.7. The van der Waals surface area contributed by atoms with Crippen molar-refractivity contribution in [3.63, 3.8) is 0 Å². The number of amides is 1. The van der Waals surface area contributed by atoms with Gasteiger partial charge in [0.05, 0.1) is 0 Å². The third-order valence-electron chi connectivity index (χ3n) is 4.66. The second-order valence-electron chi connectivity index (χ2n) is 6.82. The van der Waals surface area contributed by atoms with Gasteiger partial charge < -0.3 is 14.6 Å². The third kappa shape index (κ3) is 4.16. The van der Waals surface area contributed by atoms with E-state index in [9.17, 15) is 4.79 Å². The first-order valence-corrected chi connectivity index (χ1v) is 9.11. The van der Waals surface area contributed by atoms with E-state index in [1.807, 2.05) is 55.5 Å². The molecule has 6 nitrogen and oxygen atoms in total. The molecule has 1 aromatic heterocycles. The normalized spacial score (nSPS) is 13.8. The van der Waals surface area contributed by atoms with Crippen LogP contribution in [-0.4, -0.2) is 22.7 Å². The summed E-state index contributed by atoms with van der Waals surface area (Å²) in [6.07, 6.45) is 3.44. The highest BCUT2D eigenvalue weighted by Gasteiger charge is 2.25. The second kappa shape index (κ2) is 7.61. The quantitative estimate of drug-likeness (QED) is 0.705. The van der Waals surface area contributed by atoms with E-state index in [4.69, 9.17) is 9.26 Å². The first-order valence-electron chi connectivity index (χ1n) is 9.11. The fraction of sp³-hybridized carbons (Fsp3) is 0.286. The molecule has 1 fully saturated rings. The van der Waals surface area contributed by atoms with Crippen LogP contribution in [0, 0.1) is 6.92 Å². The molecule has 1 heterocycles. The van der Waals surface area contributed by atoms with Crippen LogP contribution in [-0.2, 0) is 4.79 Å². The summed E-state index contributed by atoms with van der Waals surface area (Å²) in [6, 6.07) is 15.0. The SMILES string of the molecule is Cc1cccc(OCC(=O)Nc2cccc(-c3noc(C4CCC4)n3)c2)c1. The van der Waals surface area contributed by atoms with Gasteiger partial charge in [0.2, 0.25) is 11.7 Å². The first kappa shape index (κ1) is 17.3. The maximum atomic E-state index is 12.2. The van der Waals surface area contributed by atoms with Gasteiger partial charge in [-0.25, -0.2) is 0 Å². The number of hydrogen-bond acceptors (Lipinski definition) is 5. The molecule has 3 aromatic rings. The number of aromatic nitrogens is 2. The zero-order valence-corrected chi connectivity index (χ0v) is 15.1. The van der Waals surface area contributed by atoms with Crippen LogP contribution in [0.2, 0.25) is 0 Å². The number of nitrogens with one attached hydrogen (secondary N) is 1. The highest BCUT2D eigenvalue weighted by atomic mass is 16.5. The van der Waals surface area contributed by atoms with Gasteiger partial charge in [-0.1, -0.05) is 35.8 Å². The lowest BCUT2D eigenvalue weighted by Gasteiger charge is -2.20. The Morgan fingerprint density at radius 2 is 2.07 bits per heavy atom. The van der Waals surface area contributed by atoms with Crippen molar-refractivity contribution in [3.05, 3.63) is 60.0 Å². The van der Waals surface area contributed by atoms with E-state index in [1.165, 1.54) is 6.42 Å². The van der Waals surface area contributed by atoms with Crippen molar-refractivity contribution in [2.45, 2.75) is 32.1 Å². The molecule has 1 aliphatic rings. The van der Waals surface area contributed by atoms with Crippen LogP contribution in [0.5, 0.6) is 5.75 Å². The smallest absolute Gasteiger partial charge is 0.262 e. The molecule has 0 saturated heterocycles. The lowest BCUT2D eigenvalue weighted by molar-refractivity contribution is -0.118. The minimum absolute atomic E-state index is 0.0538. The average molecular weight is 363 g/mol. The Labute approximate surface area is 157 Å². The minimum Gasteiger partial charge on any atom is -0.484 e. The molecule has 0 atom stereocenters. The van der Waals surface area contributed by atoms with E-state index < -0.39 is 0 Å². The number of anilines is 1. The number of nitrogens with zero attached hydrogens (tertiary/aromatic N) is 2. The zero-order valence-electron chi connectivity index (χ0n) is 15.1. The van der Waals surface area contributed by atoms with E-state index in [2.05, 4.69) is 15.5 Å². The Balaban J connectivity index is 1.38. The lowest BCUT2D eigenvalue weighted by Crippen LogP contribution is -2.20. The van der Waals surface area contributed by atoms with Crippen LogP contribution < -0.4 is 10.1 Å². The van der Waals surface area contributed by atoms with Crippen LogP contribution in [0.3, 0.4) is 0 Å². The molecule has 1 aliphatic carbocycles. The number of ether oxygens (including phenoxy) is 1. The van der Waals surface area contributed by atoms with Gasteiger partial charge in [-0.2, -0.15) is 4.98 Å². The first-order chi connectivity index (χ1) is 13.2. The lowest BCUT2D eigenvalue weighted by atomic mass is 9.85. The summed E-state index contributed by atoms with van der Waals surface area (Å²) in [7, 11) is 0. The van der Waals surface area contributed by atoms with Gasteiger partial charge in [-0.3, -0.25) is 4.79 Å². The molecular weight excluding hydrogens is 342 g/mol. The van der Waals surface area contributed by atoms with Gasteiger partial charge in [0.1, 0.15) is 5.75 Å². The highest BCUT2D eigenvalue weighted by molar-refractivity contribution is 5.92. The van der Waals surface area contributed by atoms with Crippen molar-refractivity contribution < 1.29 is 14.1 Å². The number of carbonyl (C=O) groups excluding carboxylic acids is 1. The molecule has 1 amide bonds. The average Bonchev–Trinajstić information content (AvgIpc) is 3.08. The van der Waals surface area contributed by atoms with E-state index in [1.54, 1.807) is 0 Å². The highest BCUT2D eigenvalue weighted by Crippen LogP contribution is 2.36. The molecule has 1 saturated carbocycles.